The van der Waals surface area contributed by atoms with Crippen molar-refractivity contribution in [3.63, 3.8) is 0 Å². The van der Waals surface area contributed by atoms with Crippen molar-refractivity contribution in [2.75, 3.05) is 5.32 Å². The van der Waals surface area contributed by atoms with Gasteiger partial charge in [0.2, 0.25) is 0 Å². The quantitative estimate of drug-likeness (QED) is 0.419. The van der Waals surface area contributed by atoms with Crippen LogP contribution in [0.3, 0.4) is 0 Å². The summed E-state index contributed by atoms with van der Waals surface area (Å²) in [6.45, 7) is 17.9. The summed E-state index contributed by atoms with van der Waals surface area (Å²) in [6, 6.07) is 19.3. The zero-order valence-corrected chi connectivity index (χ0v) is 20.2. The number of anilines is 1. The predicted molar refractivity (Wildman–Crippen MR) is 133 cm³/mol. The lowest BCUT2D eigenvalue weighted by molar-refractivity contribution is 0.367. The van der Waals surface area contributed by atoms with E-state index in [1.807, 2.05) is 0 Å². The summed E-state index contributed by atoms with van der Waals surface area (Å²) in [5.74, 6) is 1.13. The van der Waals surface area contributed by atoms with Crippen LogP contribution >= 0.6 is 0 Å². The molecule has 0 saturated carbocycles. The number of nitrogens with one attached hydrogen (secondary N) is 1. The van der Waals surface area contributed by atoms with Gasteiger partial charge >= 0.3 is 0 Å². The normalized spacial score (nSPS) is 15.0. The van der Waals surface area contributed by atoms with E-state index in [1.54, 1.807) is 0 Å². The lowest BCUT2D eigenvalue weighted by Crippen LogP contribution is -2.40. The molecule has 1 atom stereocenters. The molecule has 0 fully saturated rings. The Morgan fingerprint density at radius 3 is 2.07 bits per heavy atom. The highest BCUT2D eigenvalue weighted by atomic mass is 15.2. The summed E-state index contributed by atoms with van der Waals surface area (Å²) in [4.78, 5) is 5.45. The summed E-state index contributed by atoms with van der Waals surface area (Å²) < 4.78 is 0. The molecule has 0 saturated heterocycles. The molecule has 2 rings (SSSR count). The number of hydrogen-bond acceptors (Lipinski definition) is 2. The third kappa shape index (κ3) is 5.41. The Bertz CT molecular complexity index is 859. The molecule has 1 N–H and O–H groups in total. The Labute approximate surface area is 184 Å². The van der Waals surface area contributed by atoms with Crippen molar-refractivity contribution in [2.45, 2.75) is 73.4 Å². The number of allylic oxidation sites excluding steroid dienone is 2. The fourth-order valence-electron chi connectivity index (χ4n) is 4.13. The highest BCUT2D eigenvalue weighted by molar-refractivity contribution is 5.99. The molecule has 0 heterocycles. The van der Waals surface area contributed by atoms with Gasteiger partial charge in [-0.25, -0.2) is 0 Å². The first-order valence-corrected chi connectivity index (χ1v) is 11.4. The molecule has 2 heteroatoms. The minimum absolute atomic E-state index is 0.255. The first-order valence-electron chi connectivity index (χ1n) is 11.4. The Morgan fingerprint density at radius 1 is 0.933 bits per heavy atom. The smallest absolute Gasteiger partial charge is 0.158 e. The lowest BCUT2D eigenvalue weighted by atomic mass is 9.86. The minimum atomic E-state index is -0.544. The largest absolute Gasteiger partial charge is 0.357 e. The topological polar surface area (TPSA) is 24.4 Å². The Morgan fingerprint density at radius 2 is 1.53 bits per heavy atom. The van der Waals surface area contributed by atoms with Crippen LogP contribution in [-0.4, -0.2) is 5.71 Å². The number of hydrogen-bond donors (Lipinski definition) is 1. The highest BCUT2D eigenvalue weighted by Crippen LogP contribution is 2.38. The van der Waals surface area contributed by atoms with E-state index in [1.165, 1.54) is 16.7 Å². The monoisotopic (exact) mass is 404 g/mol. The van der Waals surface area contributed by atoms with Crippen LogP contribution in [0.2, 0.25) is 0 Å². The molecular formula is C28H40N2. The van der Waals surface area contributed by atoms with Gasteiger partial charge in [-0.1, -0.05) is 103 Å². The summed E-state index contributed by atoms with van der Waals surface area (Å²) >= 11 is 0. The van der Waals surface area contributed by atoms with Crippen LogP contribution in [0.4, 0.5) is 5.69 Å². The van der Waals surface area contributed by atoms with Gasteiger partial charge in [-0.3, -0.25) is 4.99 Å². The third-order valence-electron chi connectivity index (χ3n) is 5.77. The SMILES string of the molecule is CCC=C(C(C)=NC(Nc1ccccc1C(C)C)(c1ccccc1)C(C)C)C(C)C. The first kappa shape index (κ1) is 23.9. The number of nitrogens with zero attached hydrogens (tertiary/aromatic N) is 1. The molecule has 162 valence electrons. The van der Waals surface area contributed by atoms with Crippen LogP contribution in [0.5, 0.6) is 0 Å². The lowest BCUT2D eigenvalue weighted by Gasteiger charge is -2.38. The van der Waals surface area contributed by atoms with Crippen molar-refractivity contribution in [3.05, 3.63) is 77.4 Å². The molecule has 0 spiro atoms. The molecule has 0 amide bonds. The average Bonchev–Trinajstić information content (AvgIpc) is 2.71. The van der Waals surface area contributed by atoms with Crippen molar-refractivity contribution < 1.29 is 0 Å². The zero-order valence-electron chi connectivity index (χ0n) is 20.2. The van der Waals surface area contributed by atoms with Gasteiger partial charge in [0, 0.05) is 17.3 Å². The van der Waals surface area contributed by atoms with E-state index in [2.05, 4.69) is 121 Å². The van der Waals surface area contributed by atoms with E-state index in [-0.39, 0.29) is 5.92 Å². The molecule has 2 aromatic carbocycles. The molecule has 2 aromatic rings. The molecular weight excluding hydrogens is 364 g/mol. The van der Waals surface area contributed by atoms with Crippen LogP contribution in [-0.2, 0) is 5.66 Å². The number of para-hydroxylation sites is 1. The second-order valence-corrected chi connectivity index (χ2v) is 9.07. The fraction of sp³-hybridized carbons (Fsp3) is 0.464. The van der Waals surface area contributed by atoms with E-state index >= 15 is 0 Å². The van der Waals surface area contributed by atoms with Crippen molar-refractivity contribution >= 4 is 11.4 Å². The Hall–Kier alpha value is -2.35. The van der Waals surface area contributed by atoms with E-state index in [9.17, 15) is 0 Å². The standard InChI is InChI=1S/C28H40N2/c1-9-15-25(20(2)3)23(8)29-28(22(6)7,24-16-11-10-12-17-24)30-27-19-14-13-18-26(27)21(4)5/h10-22,30H,9H2,1-8H3. The maximum absolute atomic E-state index is 5.45. The van der Waals surface area contributed by atoms with Crippen molar-refractivity contribution in [2.24, 2.45) is 16.8 Å². The number of rotatable bonds is 9. The molecule has 30 heavy (non-hydrogen) atoms. The van der Waals surface area contributed by atoms with E-state index in [0.29, 0.717) is 11.8 Å². The Kier molecular flexibility index (Phi) is 8.46. The maximum Gasteiger partial charge on any atom is 0.158 e. The predicted octanol–water partition coefficient (Wildman–Crippen LogP) is 8.18. The van der Waals surface area contributed by atoms with Gasteiger partial charge in [-0.15, -0.1) is 0 Å². The summed E-state index contributed by atoms with van der Waals surface area (Å²) in [5, 5.41) is 3.91. The zero-order chi connectivity index (χ0) is 22.3. The molecule has 0 aliphatic rings. The fourth-order valence-corrected chi connectivity index (χ4v) is 4.13. The average molecular weight is 405 g/mol. The molecule has 0 bridgehead atoms. The number of benzene rings is 2. The third-order valence-corrected chi connectivity index (χ3v) is 5.77. The summed E-state index contributed by atoms with van der Waals surface area (Å²) in [6.07, 6.45) is 3.34. The van der Waals surface area contributed by atoms with Gasteiger partial charge < -0.3 is 5.32 Å². The molecule has 2 nitrogen and oxygen atoms in total. The second kappa shape index (κ2) is 10.6. The minimum Gasteiger partial charge on any atom is -0.357 e. The van der Waals surface area contributed by atoms with Crippen LogP contribution < -0.4 is 5.32 Å². The molecule has 0 aromatic heterocycles. The van der Waals surface area contributed by atoms with E-state index in [0.717, 1.165) is 17.8 Å². The highest BCUT2D eigenvalue weighted by Gasteiger charge is 2.36. The van der Waals surface area contributed by atoms with Gasteiger partial charge in [-0.2, -0.15) is 0 Å². The maximum atomic E-state index is 5.45. The van der Waals surface area contributed by atoms with Crippen LogP contribution in [0.1, 0.15) is 78.9 Å². The van der Waals surface area contributed by atoms with Crippen LogP contribution in [0, 0.1) is 11.8 Å². The summed E-state index contributed by atoms with van der Waals surface area (Å²) in [7, 11) is 0. The van der Waals surface area contributed by atoms with Gasteiger partial charge in [0.1, 0.15) is 0 Å². The molecule has 1 unspecified atom stereocenters. The van der Waals surface area contributed by atoms with Crippen molar-refractivity contribution in [1.29, 1.82) is 0 Å². The van der Waals surface area contributed by atoms with Crippen molar-refractivity contribution in [1.82, 2.24) is 0 Å². The number of aliphatic imine (C=N–C) groups is 1. The molecule has 0 aliphatic heterocycles. The van der Waals surface area contributed by atoms with Gasteiger partial charge in [0.05, 0.1) is 0 Å². The van der Waals surface area contributed by atoms with Gasteiger partial charge in [0.25, 0.3) is 0 Å². The van der Waals surface area contributed by atoms with Gasteiger partial charge in [0.15, 0.2) is 5.66 Å². The first-order chi connectivity index (χ1) is 14.2. The summed E-state index contributed by atoms with van der Waals surface area (Å²) in [5.41, 5.74) is 5.57. The molecule has 0 radical (unpaired) electrons. The van der Waals surface area contributed by atoms with Crippen LogP contribution in [0.25, 0.3) is 0 Å². The second-order valence-electron chi connectivity index (χ2n) is 9.07. The van der Waals surface area contributed by atoms with Crippen molar-refractivity contribution in [3.8, 4) is 0 Å². The van der Waals surface area contributed by atoms with Crippen LogP contribution in [0.15, 0.2) is 71.2 Å². The molecule has 0 aliphatic carbocycles. The van der Waals surface area contributed by atoms with E-state index < -0.39 is 5.66 Å². The Balaban J connectivity index is 2.73. The van der Waals surface area contributed by atoms with E-state index in [4.69, 9.17) is 4.99 Å². The van der Waals surface area contributed by atoms with Gasteiger partial charge in [-0.05, 0) is 47.9 Å².